The molecule has 0 amide bonds. The van der Waals surface area contributed by atoms with Crippen LogP contribution in [-0.4, -0.2) is 44.2 Å². The van der Waals surface area contributed by atoms with Crippen LogP contribution in [0.3, 0.4) is 0 Å². The van der Waals surface area contributed by atoms with Crippen LogP contribution < -0.4 is 5.32 Å². The zero-order valence-corrected chi connectivity index (χ0v) is 11.8. The smallest absolute Gasteiger partial charge is 0.328 e. The Labute approximate surface area is 112 Å². The molecule has 0 aromatic carbocycles. The van der Waals surface area contributed by atoms with Crippen molar-refractivity contribution in [2.75, 3.05) is 33.3 Å². The Kier molecular flexibility index (Phi) is 4.74. The van der Waals surface area contributed by atoms with Gasteiger partial charge in [-0.25, -0.2) is 4.79 Å². The van der Waals surface area contributed by atoms with Crippen molar-refractivity contribution in [3.63, 3.8) is 0 Å². The molecule has 2 heterocycles. The minimum Gasteiger partial charge on any atom is -0.468 e. The van der Waals surface area contributed by atoms with Crippen LogP contribution in [0.5, 0.6) is 0 Å². The average molecular weight is 268 g/mol. The van der Waals surface area contributed by atoms with E-state index in [0.29, 0.717) is 0 Å². The summed E-state index contributed by atoms with van der Waals surface area (Å²) in [5, 5.41) is 5.40. The Bertz CT molecular complexity index is 397. The molecule has 100 valence electrons. The van der Waals surface area contributed by atoms with Crippen LogP contribution in [0.1, 0.15) is 22.9 Å². The average Bonchev–Trinajstić information content (AvgIpc) is 2.65. The number of carbonyl (C=O) groups is 1. The lowest BCUT2D eigenvalue weighted by Crippen LogP contribution is -2.37. The third-order valence-corrected chi connectivity index (χ3v) is 4.39. The molecule has 1 aromatic rings. The number of ether oxygens (including phenoxy) is 1. The van der Waals surface area contributed by atoms with Crippen molar-refractivity contribution in [3.05, 3.63) is 21.9 Å². The number of thiophene rings is 1. The summed E-state index contributed by atoms with van der Waals surface area (Å²) in [6.07, 6.45) is 1.07. The highest BCUT2D eigenvalue weighted by Crippen LogP contribution is 2.30. The fourth-order valence-corrected chi connectivity index (χ4v) is 3.37. The van der Waals surface area contributed by atoms with Gasteiger partial charge in [-0.15, -0.1) is 11.3 Å². The lowest BCUT2D eigenvalue weighted by Gasteiger charge is -2.28. The highest BCUT2D eigenvalue weighted by atomic mass is 32.1. The number of nitrogens with one attached hydrogen (secondary N) is 1. The van der Waals surface area contributed by atoms with Gasteiger partial charge in [0.1, 0.15) is 6.04 Å². The van der Waals surface area contributed by atoms with Crippen molar-refractivity contribution in [1.82, 2.24) is 10.2 Å². The number of esters is 1. The van der Waals surface area contributed by atoms with Gasteiger partial charge in [0, 0.05) is 24.5 Å². The zero-order valence-electron chi connectivity index (χ0n) is 10.9. The van der Waals surface area contributed by atoms with Gasteiger partial charge < -0.3 is 10.1 Å². The first-order chi connectivity index (χ1) is 8.74. The minimum absolute atomic E-state index is 0.151. The monoisotopic (exact) mass is 268 g/mol. The number of hydrogen-bond donors (Lipinski definition) is 1. The van der Waals surface area contributed by atoms with Crippen molar-refractivity contribution in [3.8, 4) is 0 Å². The third kappa shape index (κ3) is 2.91. The maximum atomic E-state index is 12.1. The van der Waals surface area contributed by atoms with Crippen molar-refractivity contribution in [2.24, 2.45) is 0 Å². The van der Waals surface area contributed by atoms with Crippen LogP contribution in [0.2, 0.25) is 0 Å². The first kappa shape index (κ1) is 13.5. The predicted octanol–water partition coefficient (Wildman–Crippen LogP) is 1.57. The quantitative estimate of drug-likeness (QED) is 0.845. The Morgan fingerprint density at radius 1 is 1.50 bits per heavy atom. The molecule has 0 aliphatic carbocycles. The molecule has 0 bridgehead atoms. The fourth-order valence-electron chi connectivity index (χ4n) is 2.32. The lowest BCUT2D eigenvalue weighted by molar-refractivity contribution is -0.147. The second kappa shape index (κ2) is 6.31. The summed E-state index contributed by atoms with van der Waals surface area (Å²) in [7, 11) is 1.47. The molecular weight excluding hydrogens is 248 g/mol. The molecule has 4 nitrogen and oxygen atoms in total. The molecule has 5 heteroatoms. The SMILES string of the molecule is COC(=O)C(c1sccc1C)N1CCCNCC1. The van der Waals surface area contributed by atoms with Gasteiger partial charge in [-0.3, -0.25) is 4.90 Å². The zero-order chi connectivity index (χ0) is 13.0. The first-order valence-electron chi connectivity index (χ1n) is 6.30. The molecule has 0 saturated carbocycles. The van der Waals surface area contributed by atoms with E-state index in [1.165, 1.54) is 12.7 Å². The van der Waals surface area contributed by atoms with Crippen LogP contribution in [0.4, 0.5) is 0 Å². The normalized spacial score (nSPS) is 19.2. The number of rotatable bonds is 3. The maximum Gasteiger partial charge on any atom is 0.328 e. The number of methoxy groups -OCH3 is 1. The summed E-state index contributed by atoms with van der Waals surface area (Å²) in [4.78, 5) is 15.4. The van der Waals surface area contributed by atoms with Crippen LogP contribution in [0, 0.1) is 6.92 Å². The van der Waals surface area contributed by atoms with Crippen molar-refractivity contribution < 1.29 is 9.53 Å². The van der Waals surface area contributed by atoms with E-state index < -0.39 is 0 Å². The molecule has 1 saturated heterocycles. The van der Waals surface area contributed by atoms with Crippen LogP contribution in [0.25, 0.3) is 0 Å². The summed E-state index contributed by atoms with van der Waals surface area (Å²) < 4.78 is 4.99. The summed E-state index contributed by atoms with van der Waals surface area (Å²) in [6.45, 7) is 5.82. The van der Waals surface area contributed by atoms with Gasteiger partial charge in [-0.05, 0) is 36.9 Å². The van der Waals surface area contributed by atoms with Crippen molar-refractivity contribution in [2.45, 2.75) is 19.4 Å². The molecule has 0 spiro atoms. The lowest BCUT2D eigenvalue weighted by atomic mass is 10.1. The molecule has 1 aromatic heterocycles. The topological polar surface area (TPSA) is 41.6 Å². The second-order valence-electron chi connectivity index (χ2n) is 4.53. The highest BCUT2D eigenvalue weighted by Gasteiger charge is 2.30. The van der Waals surface area contributed by atoms with E-state index in [-0.39, 0.29) is 12.0 Å². The number of hydrogen-bond acceptors (Lipinski definition) is 5. The summed E-state index contributed by atoms with van der Waals surface area (Å²) in [6, 6.07) is 1.82. The van der Waals surface area contributed by atoms with E-state index in [1.807, 2.05) is 5.38 Å². The molecule has 18 heavy (non-hydrogen) atoms. The van der Waals surface area contributed by atoms with E-state index in [1.54, 1.807) is 11.3 Å². The van der Waals surface area contributed by atoms with Gasteiger partial charge in [0.15, 0.2) is 0 Å². The molecule has 1 aliphatic rings. The summed E-state index contributed by atoms with van der Waals surface area (Å²) >= 11 is 1.64. The van der Waals surface area contributed by atoms with Gasteiger partial charge in [-0.1, -0.05) is 0 Å². The molecule has 1 atom stereocenters. The number of nitrogens with zero attached hydrogens (tertiary/aromatic N) is 1. The molecular formula is C13H20N2O2S. The molecule has 1 unspecified atom stereocenters. The summed E-state index contributed by atoms with van der Waals surface area (Å²) in [5.41, 5.74) is 1.17. The highest BCUT2D eigenvalue weighted by molar-refractivity contribution is 7.10. The third-order valence-electron chi connectivity index (χ3n) is 3.31. The molecule has 0 radical (unpaired) electrons. The largest absolute Gasteiger partial charge is 0.468 e. The second-order valence-corrected chi connectivity index (χ2v) is 5.48. The van der Waals surface area contributed by atoms with E-state index in [4.69, 9.17) is 4.74 Å². The van der Waals surface area contributed by atoms with Gasteiger partial charge in [0.05, 0.1) is 7.11 Å². The molecule has 1 fully saturated rings. The van der Waals surface area contributed by atoms with Gasteiger partial charge in [0.25, 0.3) is 0 Å². The maximum absolute atomic E-state index is 12.1. The Morgan fingerprint density at radius 2 is 2.33 bits per heavy atom. The molecule has 1 N–H and O–H groups in total. The van der Waals surface area contributed by atoms with E-state index >= 15 is 0 Å². The van der Waals surface area contributed by atoms with Crippen LogP contribution in [0.15, 0.2) is 11.4 Å². The summed E-state index contributed by atoms with van der Waals surface area (Å²) in [5.74, 6) is -0.151. The van der Waals surface area contributed by atoms with Crippen molar-refractivity contribution >= 4 is 17.3 Å². The first-order valence-corrected chi connectivity index (χ1v) is 7.18. The van der Waals surface area contributed by atoms with E-state index in [9.17, 15) is 4.79 Å². The fraction of sp³-hybridized carbons (Fsp3) is 0.615. The van der Waals surface area contributed by atoms with Gasteiger partial charge >= 0.3 is 5.97 Å². The number of carbonyl (C=O) groups excluding carboxylic acids is 1. The minimum atomic E-state index is -0.241. The predicted molar refractivity (Wildman–Crippen MR) is 72.9 cm³/mol. The Hall–Kier alpha value is -0.910. The molecule has 1 aliphatic heterocycles. The molecule has 2 rings (SSSR count). The van der Waals surface area contributed by atoms with Gasteiger partial charge in [0.2, 0.25) is 0 Å². The van der Waals surface area contributed by atoms with Gasteiger partial charge in [-0.2, -0.15) is 0 Å². The van der Waals surface area contributed by atoms with E-state index in [2.05, 4.69) is 23.2 Å². The Morgan fingerprint density at radius 3 is 3.00 bits per heavy atom. The van der Waals surface area contributed by atoms with Crippen molar-refractivity contribution in [1.29, 1.82) is 0 Å². The van der Waals surface area contributed by atoms with E-state index in [0.717, 1.165) is 37.5 Å². The standard InChI is InChI=1S/C13H20N2O2S/c1-10-4-9-18-12(10)11(13(16)17-2)15-7-3-5-14-6-8-15/h4,9,11,14H,3,5-8H2,1-2H3. The van der Waals surface area contributed by atoms with Crippen LogP contribution >= 0.6 is 11.3 Å². The number of aryl methyl sites for hydroxylation is 1. The Balaban J connectivity index is 2.24. The van der Waals surface area contributed by atoms with Crippen LogP contribution in [-0.2, 0) is 9.53 Å².